The highest BCUT2D eigenvalue weighted by molar-refractivity contribution is 6.03. The lowest BCUT2D eigenvalue weighted by atomic mass is 9.85. The lowest BCUT2D eigenvalue weighted by Crippen LogP contribution is -2.57. The first-order valence-electron chi connectivity index (χ1n) is 14.9. The number of carbonyl (C=O) groups excluding carboxylic acids is 3. The fourth-order valence-electron chi connectivity index (χ4n) is 5.28. The summed E-state index contributed by atoms with van der Waals surface area (Å²) in [5, 5.41) is 16.2. The molecule has 1 aliphatic rings. The number of amides is 3. The average molecular weight is 605 g/mol. The van der Waals surface area contributed by atoms with Gasteiger partial charge in [0.2, 0.25) is 11.8 Å². The minimum atomic E-state index is -0.611. The minimum Gasteiger partial charge on any atom is -0.494 e. The number of anilines is 3. The van der Waals surface area contributed by atoms with Crippen LogP contribution in [-0.4, -0.2) is 85.0 Å². The molecule has 2 heterocycles. The van der Waals surface area contributed by atoms with Crippen LogP contribution in [0.2, 0.25) is 0 Å². The molecule has 5 N–H and O–H groups in total. The molecule has 1 aromatic heterocycles. The van der Waals surface area contributed by atoms with E-state index in [2.05, 4.69) is 43.5 Å². The quantitative estimate of drug-likeness (QED) is 0.222. The smallest absolute Gasteiger partial charge is 0.251 e. The van der Waals surface area contributed by atoms with Crippen LogP contribution >= 0.6 is 0 Å². The molecule has 0 spiro atoms. The number of benzene rings is 2. The van der Waals surface area contributed by atoms with Crippen LogP contribution in [0.25, 0.3) is 10.9 Å². The molecule has 3 atom stereocenters. The van der Waals surface area contributed by atoms with E-state index < -0.39 is 12.1 Å². The number of aromatic nitrogens is 2. The summed E-state index contributed by atoms with van der Waals surface area (Å²) in [6.45, 7) is 9.28. The Balaban J connectivity index is 1.57. The highest BCUT2D eigenvalue weighted by atomic mass is 16.5. The molecule has 0 unspecified atom stereocenters. The van der Waals surface area contributed by atoms with Gasteiger partial charge in [-0.05, 0) is 62.6 Å². The second kappa shape index (κ2) is 14.0. The lowest BCUT2D eigenvalue weighted by Gasteiger charge is -2.36. The first-order valence-corrected chi connectivity index (χ1v) is 14.9. The molecule has 236 valence electrons. The molecule has 1 fully saturated rings. The average Bonchev–Trinajstić information content (AvgIpc) is 3.50. The predicted octanol–water partition coefficient (Wildman–Crippen LogP) is 3.28. The van der Waals surface area contributed by atoms with E-state index in [1.165, 1.54) is 13.4 Å². The van der Waals surface area contributed by atoms with Crippen LogP contribution in [0.1, 0.15) is 50.9 Å². The van der Waals surface area contributed by atoms with E-state index in [-0.39, 0.29) is 29.2 Å². The molecular formula is C32H44N8O4. The van der Waals surface area contributed by atoms with Gasteiger partial charge in [0.25, 0.3) is 5.91 Å². The van der Waals surface area contributed by atoms with Crippen molar-refractivity contribution < 1.29 is 19.1 Å². The minimum absolute atomic E-state index is 0.0775. The molecule has 12 nitrogen and oxygen atoms in total. The van der Waals surface area contributed by atoms with Crippen molar-refractivity contribution in [3.8, 4) is 5.75 Å². The summed E-state index contributed by atoms with van der Waals surface area (Å²) >= 11 is 0. The summed E-state index contributed by atoms with van der Waals surface area (Å²) in [4.78, 5) is 50.0. The number of rotatable bonds is 11. The van der Waals surface area contributed by atoms with Crippen LogP contribution in [0.4, 0.5) is 17.2 Å². The molecule has 0 aliphatic carbocycles. The summed E-state index contributed by atoms with van der Waals surface area (Å²) in [6, 6.07) is 9.66. The fraction of sp³-hybridized carbons (Fsp3) is 0.469. The van der Waals surface area contributed by atoms with Crippen molar-refractivity contribution in [1.82, 2.24) is 30.8 Å². The van der Waals surface area contributed by atoms with E-state index in [4.69, 9.17) is 4.74 Å². The maximum absolute atomic E-state index is 13.8. The van der Waals surface area contributed by atoms with Gasteiger partial charge >= 0.3 is 0 Å². The van der Waals surface area contributed by atoms with Crippen molar-refractivity contribution in [3.05, 3.63) is 48.3 Å². The molecule has 1 aliphatic heterocycles. The van der Waals surface area contributed by atoms with E-state index in [1.807, 2.05) is 27.8 Å². The largest absolute Gasteiger partial charge is 0.494 e. The number of ether oxygens (including phenoxy) is 1. The monoisotopic (exact) mass is 604 g/mol. The van der Waals surface area contributed by atoms with Crippen LogP contribution in [0.3, 0.4) is 0 Å². The molecule has 0 saturated carbocycles. The molecule has 0 bridgehead atoms. The van der Waals surface area contributed by atoms with Gasteiger partial charge in [0.05, 0.1) is 24.4 Å². The van der Waals surface area contributed by atoms with Gasteiger partial charge in [-0.25, -0.2) is 9.97 Å². The van der Waals surface area contributed by atoms with Crippen molar-refractivity contribution in [2.75, 3.05) is 44.9 Å². The number of nitrogens with one attached hydrogen (secondary N) is 5. The Morgan fingerprint density at radius 1 is 1.09 bits per heavy atom. The molecule has 4 rings (SSSR count). The Kier molecular flexibility index (Phi) is 10.4. The van der Waals surface area contributed by atoms with E-state index in [0.29, 0.717) is 53.2 Å². The van der Waals surface area contributed by atoms with E-state index in [0.717, 1.165) is 12.1 Å². The highest BCUT2D eigenvalue weighted by Gasteiger charge is 2.41. The van der Waals surface area contributed by atoms with Crippen LogP contribution in [0, 0.1) is 5.41 Å². The van der Waals surface area contributed by atoms with Gasteiger partial charge < -0.3 is 36.2 Å². The number of fused-ring (bicyclic) bond motifs is 1. The topological polar surface area (TPSA) is 150 Å². The molecule has 3 aromatic rings. The van der Waals surface area contributed by atoms with E-state index in [9.17, 15) is 14.4 Å². The Labute approximate surface area is 258 Å². The van der Waals surface area contributed by atoms with E-state index in [1.54, 1.807) is 48.3 Å². The summed E-state index contributed by atoms with van der Waals surface area (Å²) in [5.74, 6) is 0.435. The zero-order valence-electron chi connectivity index (χ0n) is 26.6. The molecule has 44 heavy (non-hydrogen) atoms. The van der Waals surface area contributed by atoms with Crippen molar-refractivity contribution in [1.29, 1.82) is 0 Å². The van der Waals surface area contributed by atoms with Crippen LogP contribution in [0.15, 0.2) is 42.7 Å². The van der Waals surface area contributed by atoms with E-state index >= 15 is 0 Å². The van der Waals surface area contributed by atoms with Crippen molar-refractivity contribution in [2.45, 2.75) is 58.7 Å². The maximum atomic E-state index is 13.8. The highest BCUT2D eigenvalue weighted by Crippen LogP contribution is 2.34. The molecular weight excluding hydrogens is 560 g/mol. The lowest BCUT2D eigenvalue weighted by molar-refractivity contribution is -0.140. The number of hydrogen-bond acceptors (Lipinski definition) is 9. The summed E-state index contributed by atoms with van der Waals surface area (Å²) in [7, 11) is 5.00. The molecule has 2 aromatic carbocycles. The second-order valence-electron chi connectivity index (χ2n) is 12.1. The van der Waals surface area contributed by atoms with Crippen LogP contribution in [0.5, 0.6) is 5.75 Å². The molecule has 3 amide bonds. The third-order valence-corrected chi connectivity index (χ3v) is 7.92. The Morgan fingerprint density at radius 2 is 1.82 bits per heavy atom. The van der Waals surface area contributed by atoms with Gasteiger partial charge in [-0.2, -0.15) is 0 Å². The Morgan fingerprint density at radius 3 is 2.45 bits per heavy atom. The third kappa shape index (κ3) is 7.43. The zero-order valence-corrected chi connectivity index (χ0v) is 26.6. The normalized spacial score (nSPS) is 16.3. The number of methoxy groups -OCH3 is 1. The van der Waals surface area contributed by atoms with Crippen LogP contribution in [-0.2, 0) is 9.59 Å². The van der Waals surface area contributed by atoms with Gasteiger partial charge in [-0.1, -0.05) is 20.8 Å². The fourth-order valence-corrected chi connectivity index (χ4v) is 5.28. The van der Waals surface area contributed by atoms with Gasteiger partial charge in [0.15, 0.2) is 0 Å². The number of hydrogen-bond donors (Lipinski definition) is 5. The molecule has 0 radical (unpaired) electrons. The Hall–Kier alpha value is -4.29. The SMILES string of the molecule is CNC(=O)c1ccc(Nc2ncnc3cc(OC)c(NC(=O)[C@@H]4CCCN4C(=O)[C@@H](NC[C@H](C)NC)C(C)(C)C)cc23)cc1. The molecule has 12 heteroatoms. The number of carbonyl (C=O) groups is 3. The van der Waals surface area contributed by atoms with Gasteiger partial charge in [-0.3, -0.25) is 14.4 Å². The Bertz CT molecular complexity index is 1490. The first-order chi connectivity index (χ1) is 21.0. The van der Waals surface area contributed by atoms with Crippen molar-refractivity contribution >= 4 is 45.8 Å². The standard InChI is InChI=1S/C32H44N8O4/c1-19(33-5)17-35-27(32(2,3)4)31(43)40-14-8-9-25(40)30(42)39-24-15-22-23(16-26(24)44-7)36-18-37-28(22)38-21-12-10-20(11-13-21)29(41)34-6/h10-13,15-16,18-19,25,27,33,35H,8-9,14,17H2,1-7H3,(H,34,41)(H,39,42)(H,36,37,38)/t19-,25-,27+/m0/s1. The summed E-state index contributed by atoms with van der Waals surface area (Å²) in [5.41, 5.74) is 1.99. The first kappa shape index (κ1) is 32.6. The third-order valence-electron chi connectivity index (χ3n) is 7.92. The zero-order chi connectivity index (χ0) is 32.0. The number of likely N-dealkylation sites (N-methyl/N-ethyl adjacent to an activating group) is 1. The number of likely N-dealkylation sites (tertiary alicyclic amines) is 1. The van der Waals surface area contributed by atoms with Gasteiger partial charge in [-0.15, -0.1) is 0 Å². The summed E-state index contributed by atoms with van der Waals surface area (Å²) < 4.78 is 5.61. The van der Waals surface area contributed by atoms with Crippen molar-refractivity contribution in [3.63, 3.8) is 0 Å². The van der Waals surface area contributed by atoms with Crippen molar-refractivity contribution in [2.24, 2.45) is 5.41 Å². The second-order valence-corrected chi connectivity index (χ2v) is 12.1. The van der Waals surface area contributed by atoms with Gasteiger partial charge in [0, 0.05) is 48.9 Å². The predicted molar refractivity (Wildman–Crippen MR) is 172 cm³/mol. The number of nitrogens with zero attached hydrogens (tertiary/aromatic N) is 3. The van der Waals surface area contributed by atoms with Crippen LogP contribution < -0.4 is 31.3 Å². The summed E-state index contributed by atoms with van der Waals surface area (Å²) in [6.07, 6.45) is 2.75. The maximum Gasteiger partial charge on any atom is 0.251 e. The molecule has 1 saturated heterocycles. The van der Waals surface area contributed by atoms with Gasteiger partial charge in [0.1, 0.15) is 23.9 Å².